The summed E-state index contributed by atoms with van der Waals surface area (Å²) in [4.78, 5) is 50.9. The van der Waals surface area contributed by atoms with Crippen molar-refractivity contribution in [1.82, 2.24) is 20.7 Å². The molecule has 0 radical (unpaired) electrons. The van der Waals surface area contributed by atoms with E-state index in [1.807, 2.05) is 0 Å². The first kappa shape index (κ1) is 16.2. The number of carbonyl (C=O) groups excluding carboxylic acids is 4. The fourth-order valence-corrected chi connectivity index (χ4v) is 3.21. The van der Waals surface area contributed by atoms with Crippen LogP contribution < -0.4 is 10.7 Å². The molecule has 0 aromatic carbocycles. The highest BCUT2D eigenvalue weighted by molar-refractivity contribution is 6.09. The first-order valence-electron chi connectivity index (χ1n) is 7.99. The molecule has 3 rings (SSSR count). The van der Waals surface area contributed by atoms with Crippen molar-refractivity contribution in [2.45, 2.75) is 45.1 Å². The summed E-state index contributed by atoms with van der Waals surface area (Å²) < 4.78 is 0. The maximum atomic E-state index is 12.6. The summed E-state index contributed by atoms with van der Waals surface area (Å²) in [6.45, 7) is 3.50. The Bertz CT molecular complexity index is 715. The highest BCUT2D eigenvalue weighted by Gasteiger charge is 2.52. The van der Waals surface area contributed by atoms with Crippen LogP contribution in [0.5, 0.6) is 0 Å². The van der Waals surface area contributed by atoms with E-state index in [0.717, 1.165) is 17.9 Å². The maximum Gasteiger partial charge on any atom is 0.344 e. The molecule has 2 fully saturated rings. The van der Waals surface area contributed by atoms with Gasteiger partial charge in [0, 0.05) is 11.8 Å². The van der Waals surface area contributed by atoms with E-state index in [9.17, 15) is 19.2 Å². The molecular weight excluding hydrogens is 312 g/mol. The van der Waals surface area contributed by atoms with Gasteiger partial charge in [0.1, 0.15) is 11.2 Å². The lowest BCUT2D eigenvalue weighted by atomic mass is 9.77. The van der Waals surface area contributed by atoms with Crippen LogP contribution in [0.15, 0.2) is 12.3 Å². The number of imide groups is 1. The summed E-state index contributed by atoms with van der Waals surface area (Å²) in [5.74, 6) is -0.734. The van der Waals surface area contributed by atoms with Crippen molar-refractivity contribution in [1.29, 1.82) is 0 Å². The van der Waals surface area contributed by atoms with E-state index < -0.39 is 23.4 Å². The molecule has 4 amide bonds. The number of carbonyl (C=O) groups is 4. The SMILES string of the molecule is CC(=O)c1c[nH]c(C(=O)NN2C(=O)NC3(CCC(C)CC3)C2=O)c1. The molecule has 1 aromatic rings. The van der Waals surface area contributed by atoms with Gasteiger partial charge in [-0.15, -0.1) is 0 Å². The van der Waals surface area contributed by atoms with Crippen molar-refractivity contribution in [3.05, 3.63) is 23.5 Å². The van der Waals surface area contributed by atoms with Gasteiger partial charge in [0.2, 0.25) is 0 Å². The molecule has 0 unspecified atom stereocenters. The number of aromatic amines is 1. The molecule has 3 N–H and O–H groups in total. The Labute approximate surface area is 138 Å². The molecule has 24 heavy (non-hydrogen) atoms. The lowest BCUT2D eigenvalue weighted by Gasteiger charge is -2.33. The van der Waals surface area contributed by atoms with Crippen LogP contribution in [0.2, 0.25) is 0 Å². The van der Waals surface area contributed by atoms with Crippen LogP contribution in [0, 0.1) is 5.92 Å². The quantitative estimate of drug-likeness (QED) is 0.573. The topological polar surface area (TPSA) is 111 Å². The Balaban J connectivity index is 1.72. The van der Waals surface area contributed by atoms with Crippen LogP contribution in [0.3, 0.4) is 0 Å². The van der Waals surface area contributed by atoms with Crippen molar-refractivity contribution >= 4 is 23.6 Å². The molecule has 8 nitrogen and oxygen atoms in total. The molecule has 1 aliphatic carbocycles. The lowest BCUT2D eigenvalue weighted by Crippen LogP contribution is -2.51. The zero-order valence-corrected chi connectivity index (χ0v) is 13.6. The van der Waals surface area contributed by atoms with E-state index in [2.05, 4.69) is 22.7 Å². The zero-order chi connectivity index (χ0) is 17.5. The number of urea groups is 1. The summed E-state index contributed by atoms with van der Waals surface area (Å²) in [5, 5.41) is 3.47. The number of amides is 4. The number of hydrogen-bond donors (Lipinski definition) is 3. The molecule has 8 heteroatoms. The molecule has 0 bridgehead atoms. The van der Waals surface area contributed by atoms with Gasteiger partial charge in [-0.3, -0.25) is 19.8 Å². The first-order valence-corrected chi connectivity index (χ1v) is 7.99. The predicted molar refractivity (Wildman–Crippen MR) is 84.0 cm³/mol. The van der Waals surface area contributed by atoms with E-state index in [4.69, 9.17) is 0 Å². The Morgan fingerprint density at radius 2 is 1.96 bits per heavy atom. The highest BCUT2D eigenvalue weighted by Crippen LogP contribution is 2.35. The number of hydrazine groups is 1. The monoisotopic (exact) mass is 332 g/mol. The fourth-order valence-electron chi connectivity index (χ4n) is 3.21. The predicted octanol–water partition coefficient (Wildman–Crippen LogP) is 1.36. The number of nitrogens with zero attached hydrogens (tertiary/aromatic N) is 1. The third-order valence-electron chi connectivity index (χ3n) is 4.84. The molecule has 1 spiro atoms. The van der Waals surface area contributed by atoms with Crippen molar-refractivity contribution < 1.29 is 19.2 Å². The standard InChI is InChI=1S/C16H20N4O4/c1-9-3-5-16(6-4-9)14(23)20(15(24)18-16)19-13(22)12-7-11(8-17-12)10(2)21/h7-9,17H,3-6H2,1-2H3,(H,18,24)(H,19,22). The number of ketones is 1. The summed E-state index contributed by atoms with van der Waals surface area (Å²) in [6, 6.07) is 0.759. The zero-order valence-electron chi connectivity index (χ0n) is 13.6. The Hall–Kier alpha value is -2.64. The van der Waals surface area contributed by atoms with Gasteiger partial charge in [-0.1, -0.05) is 6.92 Å². The van der Waals surface area contributed by atoms with Crippen LogP contribution in [0.25, 0.3) is 0 Å². The molecule has 128 valence electrons. The molecule has 1 saturated heterocycles. The average molecular weight is 332 g/mol. The van der Waals surface area contributed by atoms with E-state index in [-0.39, 0.29) is 11.5 Å². The van der Waals surface area contributed by atoms with Crippen molar-refractivity contribution in [3.63, 3.8) is 0 Å². The molecule has 1 aliphatic heterocycles. The van der Waals surface area contributed by atoms with Crippen molar-refractivity contribution in [3.8, 4) is 0 Å². The van der Waals surface area contributed by atoms with Crippen LogP contribution in [-0.4, -0.2) is 39.2 Å². The number of rotatable bonds is 3. The Morgan fingerprint density at radius 3 is 2.54 bits per heavy atom. The van der Waals surface area contributed by atoms with Crippen LogP contribution in [0.1, 0.15) is 60.4 Å². The second-order valence-corrected chi connectivity index (χ2v) is 6.63. The minimum absolute atomic E-state index is 0.110. The largest absolute Gasteiger partial charge is 0.356 e. The Kier molecular flexibility index (Phi) is 3.90. The smallest absolute Gasteiger partial charge is 0.344 e. The number of H-pyrrole nitrogens is 1. The summed E-state index contributed by atoms with van der Waals surface area (Å²) >= 11 is 0. The maximum absolute atomic E-state index is 12.6. The van der Waals surface area contributed by atoms with Crippen LogP contribution in [-0.2, 0) is 4.79 Å². The van der Waals surface area contributed by atoms with Gasteiger partial charge in [0.25, 0.3) is 11.8 Å². The first-order chi connectivity index (χ1) is 11.3. The highest BCUT2D eigenvalue weighted by atomic mass is 16.2. The third-order valence-corrected chi connectivity index (χ3v) is 4.84. The van der Waals surface area contributed by atoms with Crippen LogP contribution in [0.4, 0.5) is 4.79 Å². The van der Waals surface area contributed by atoms with Gasteiger partial charge in [0.15, 0.2) is 5.78 Å². The molecular formula is C16H20N4O4. The summed E-state index contributed by atoms with van der Waals surface area (Å²) in [5.41, 5.74) is 1.88. The van der Waals surface area contributed by atoms with Gasteiger partial charge in [-0.05, 0) is 44.6 Å². The molecule has 1 aromatic heterocycles. The third kappa shape index (κ3) is 2.68. The van der Waals surface area contributed by atoms with Crippen molar-refractivity contribution in [2.24, 2.45) is 5.92 Å². The fraction of sp³-hybridized carbons (Fsp3) is 0.500. The second kappa shape index (κ2) is 5.77. The number of nitrogens with one attached hydrogen (secondary N) is 3. The molecule has 0 atom stereocenters. The van der Waals surface area contributed by atoms with E-state index >= 15 is 0 Å². The molecule has 2 aliphatic rings. The summed E-state index contributed by atoms with van der Waals surface area (Å²) in [6.07, 6.45) is 4.26. The summed E-state index contributed by atoms with van der Waals surface area (Å²) in [7, 11) is 0. The minimum Gasteiger partial charge on any atom is -0.356 e. The van der Waals surface area contributed by atoms with Gasteiger partial charge >= 0.3 is 6.03 Å². The minimum atomic E-state index is -0.906. The number of Topliss-reactive ketones (excluding diaryl/α,β-unsaturated/α-hetero) is 1. The second-order valence-electron chi connectivity index (χ2n) is 6.63. The Morgan fingerprint density at radius 1 is 1.29 bits per heavy atom. The van der Waals surface area contributed by atoms with Gasteiger partial charge < -0.3 is 10.3 Å². The van der Waals surface area contributed by atoms with Crippen LogP contribution >= 0.6 is 0 Å². The van der Waals surface area contributed by atoms with Crippen molar-refractivity contribution in [2.75, 3.05) is 0 Å². The van der Waals surface area contributed by atoms with E-state index in [1.54, 1.807) is 0 Å². The van der Waals surface area contributed by atoms with E-state index in [1.165, 1.54) is 19.2 Å². The van der Waals surface area contributed by atoms with Gasteiger partial charge in [0.05, 0.1) is 0 Å². The lowest BCUT2D eigenvalue weighted by molar-refractivity contribution is -0.134. The molecule has 2 heterocycles. The number of hydrogen-bond acceptors (Lipinski definition) is 4. The van der Waals surface area contributed by atoms with E-state index in [0.29, 0.717) is 24.3 Å². The normalized spacial score (nSPS) is 26.6. The molecule has 1 saturated carbocycles. The van der Waals surface area contributed by atoms with Gasteiger partial charge in [-0.25, -0.2) is 4.79 Å². The van der Waals surface area contributed by atoms with Gasteiger partial charge in [-0.2, -0.15) is 5.01 Å². The number of aromatic nitrogens is 1. The average Bonchev–Trinajstić information content (AvgIpc) is 3.11.